The topological polar surface area (TPSA) is 70.7 Å². The fraction of sp³-hybridized carbons (Fsp3) is 0.667. The summed E-state index contributed by atoms with van der Waals surface area (Å²) >= 11 is 3.52. The highest BCUT2D eigenvalue weighted by molar-refractivity contribution is 7.99. The van der Waals surface area contributed by atoms with Crippen LogP contribution in [0.4, 0.5) is 0 Å². The minimum atomic E-state index is -0.259. The van der Waals surface area contributed by atoms with Gasteiger partial charge in [-0.05, 0) is 23.6 Å². The summed E-state index contributed by atoms with van der Waals surface area (Å²) in [5.41, 5.74) is 0.0382. The molecule has 6 nitrogen and oxygen atoms in total. The summed E-state index contributed by atoms with van der Waals surface area (Å²) in [7, 11) is 0. The van der Waals surface area contributed by atoms with Gasteiger partial charge >= 0.3 is 0 Å². The van der Waals surface area contributed by atoms with Crippen molar-refractivity contribution in [1.29, 1.82) is 0 Å². The van der Waals surface area contributed by atoms with Crippen molar-refractivity contribution in [2.45, 2.75) is 31.3 Å². The third-order valence-electron chi connectivity index (χ3n) is 5.03. The lowest BCUT2D eigenvalue weighted by atomic mass is 9.95. The van der Waals surface area contributed by atoms with Gasteiger partial charge in [-0.3, -0.25) is 14.5 Å². The summed E-state index contributed by atoms with van der Waals surface area (Å²) in [6.07, 6.45) is 1.37. The number of morpholine rings is 1. The molecule has 0 radical (unpaired) electrons. The van der Waals surface area contributed by atoms with Gasteiger partial charge in [0.1, 0.15) is 0 Å². The zero-order valence-corrected chi connectivity index (χ0v) is 16.8. The van der Waals surface area contributed by atoms with E-state index in [0.29, 0.717) is 6.54 Å². The summed E-state index contributed by atoms with van der Waals surface area (Å²) in [5.74, 6) is 2.06. The van der Waals surface area contributed by atoms with Gasteiger partial charge in [0.2, 0.25) is 11.8 Å². The summed E-state index contributed by atoms with van der Waals surface area (Å²) < 4.78 is 5.49. The fourth-order valence-corrected chi connectivity index (χ4v) is 5.87. The quantitative estimate of drug-likeness (QED) is 0.732. The molecule has 0 aromatic carbocycles. The maximum absolute atomic E-state index is 12.6. The molecule has 2 atom stereocenters. The van der Waals surface area contributed by atoms with Gasteiger partial charge in [0.25, 0.3) is 0 Å². The average Bonchev–Trinajstić information content (AvgIpc) is 3.32. The second-order valence-electron chi connectivity index (χ2n) is 6.88. The molecular formula is C18H27N3O3S2. The van der Waals surface area contributed by atoms with E-state index in [0.717, 1.165) is 49.1 Å². The van der Waals surface area contributed by atoms with E-state index in [-0.39, 0.29) is 29.8 Å². The molecule has 0 spiro atoms. The maximum Gasteiger partial charge on any atom is 0.222 e. The van der Waals surface area contributed by atoms with Crippen LogP contribution in [0.2, 0.25) is 0 Å². The number of hydrogen-bond acceptors (Lipinski definition) is 6. The van der Waals surface area contributed by atoms with Gasteiger partial charge in [-0.15, -0.1) is 11.3 Å². The van der Waals surface area contributed by atoms with Gasteiger partial charge < -0.3 is 15.4 Å². The van der Waals surface area contributed by atoms with Crippen molar-refractivity contribution in [3.63, 3.8) is 0 Å². The first kappa shape index (κ1) is 19.7. The minimum absolute atomic E-state index is 0.0123. The number of thioether (sulfide) groups is 1. The normalized spacial score (nSPS) is 25.0. The van der Waals surface area contributed by atoms with Crippen molar-refractivity contribution in [1.82, 2.24) is 15.5 Å². The Bertz CT molecular complexity index is 597. The van der Waals surface area contributed by atoms with E-state index in [1.807, 2.05) is 29.3 Å². The van der Waals surface area contributed by atoms with Crippen molar-refractivity contribution in [3.8, 4) is 0 Å². The summed E-state index contributed by atoms with van der Waals surface area (Å²) in [4.78, 5) is 27.6. The first-order chi connectivity index (χ1) is 12.6. The van der Waals surface area contributed by atoms with Crippen LogP contribution in [0.3, 0.4) is 0 Å². The Morgan fingerprint density at radius 3 is 2.81 bits per heavy atom. The lowest BCUT2D eigenvalue weighted by Gasteiger charge is -2.43. The second-order valence-corrected chi connectivity index (χ2v) is 8.96. The van der Waals surface area contributed by atoms with Crippen LogP contribution in [0.15, 0.2) is 17.5 Å². The molecule has 8 heteroatoms. The lowest BCUT2D eigenvalue weighted by Crippen LogP contribution is -2.59. The SMILES string of the molecule is CC(=O)NC(CC(=O)NCC1(N2CCOCC2)CCSC1)c1cccs1. The first-order valence-electron chi connectivity index (χ1n) is 9.07. The highest BCUT2D eigenvalue weighted by Gasteiger charge is 2.40. The van der Waals surface area contributed by atoms with E-state index >= 15 is 0 Å². The smallest absolute Gasteiger partial charge is 0.222 e. The van der Waals surface area contributed by atoms with Crippen LogP contribution >= 0.6 is 23.1 Å². The Hall–Kier alpha value is -1.09. The Kier molecular flexibility index (Phi) is 6.97. The van der Waals surface area contributed by atoms with Crippen LogP contribution in [0.1, 0.15) is 30.7 Å². The summed E-state index contributed by atoms with van der Waals surface area (Å²) in [5, 5.41) is 8.00. The third kappa shape index (κ3) is 5.00. The molecule has 2 aliphatic rings. The van der Waals surface area contributed by atoms with Crippen LogP contribution in [0, 0.1) is 0 Å². The molecule has 3 heterocycles. The van der Waals surface area contributed by atoms with Gasteiger partial charge in [-0.25, -0.2) is 0 Å². The van der Waals surface area contributed by atoms with Crippen LogP contribution in [0.5, 0.6) is 0 Å². The minimum Gasteiger partial charge on any atom is -0.379 e. The average molecular weight is 398 g/mol. The van der Waals surface area contributed by atoms with Gasteiger partial charge in [0.05, 0.1) is 25.7 Å². The van der Waals surface area contributed by atoms with Crippen LogP contribution in [-0.2, 0) is 14.3 Å². The molecule has 2 aliphatic heterocycles. The van der Waals surface area contributed by atoms with E-state index in [2.05, 4.69) is 15.5 Å². The number of carbonyl (C=O) groups is 2. The summed E-state index contributed by atoms with van der Waals surface area (Å²) in [6.45, 7) is 5.55. The number of nitrogens with zero attached hydrogens (tertiary/aromatic N) is 1. The zero-order valence-electron chi connectivity index (χ0n) is 15.2. The maximum atomic E-state index is 12.6. The molecule has 144 valence electrons. The largest absolute Gasteiger partial charge is 0.379 e. The van der Waals surface area contributed by atoms with E-state index in [9.17, 15) is 9.59 Å². The van der Waals surface area contributed by atoms with Crippen LogP contribution < -0.4 is 10.6 Å². The summed E-state index contributed by atoms with van der Waals surface area (Å²) in [6, 6.07) is 3.64. The standard InChI is InChI=1S/C18H27N3O3S2/c1-14(22)20-15(16-3-2-9-26-16)11-17(23)19-12-18(4-10-25-13-18)21-5-7-24-8-6-21/h2-3,9,15H,4-8,10-13H2,1H3,(H,19,23)(H,20,22). The molecule has 1 aromatic rings. The van der Waals surface area contributed by atoms with Gasteiger partial charge in [-0.1, -0.05) is 6.07 Å². The molecule has 3 rings (SSSR count). The second kappa shape index (κ2) is 9.21. The van der Waals surface area contributed by atoms with E-state index in [1.165, 1.54) is 6.92 Å². The van der Waals surface area contributed by atoms with Crippen LogP contribution in [-0.4, -0.2) is 66.6 Å². The molecule has 0 saturated carbocycles. The molecule has 26 heavy (non-hydrogen) atoms. The highest BCUT2D eigenvalue weighted by atomic mass is 32.2. The predicted octanol–water partition coefficient (Wildman–Crippen LogP) is 1.64. The Balaban J connectivity index is 1.58. The van der Waals surface area contributed by atoms with E-state index in [4.69, 9.17) is 4.74 Å². The van der Waals surface area contributed by atoms with E-state index in [1.54, 1.807) is 11.3 Å². The fourth-order valence-electron chi connectivity index (χ4n) is 3.61. The molecule has 2 saturated heterocycles. The molecule has 2 unspecified atom stereocenters. The molecular weight excluding hydrogens is 370 g/mol. The number of ether oxygens (including phenoxy) is 1. The number of hydrogen-bond donors (Lipinski definition) is 2. The van der Waals surface area contributed by atoms with Gasteiger partial charge in [0.15, 0.2) is 0 Å². The Morgan fingerprint density at radius 2 is 2.19 bits per heavy atom. The molecule has 0 bridgehead atoms. The number of rotatable bonds is 7. The molecule has 2 fully saturated rings. The lowest BCUT2D eigenvalue weighted by molar-refractivity contribution is -0.123. The number of carbonyl (C=O) groups excluding carboxylic acids is 2. The third-order valence-corrected chi connectivity index (χ3v) is 7.25. The highest BCUT2D eigenvalue weighted by Crippen LogP contribution is 2.33. The van der Waals surface area contributed by atoms with Crippen molar-refractivity contribution in [3.05, 3.63) is 22.4 Å². The van der Waals surface area contributed by atoms with Gasteiger partial charge in [-0.2, -0.15) is 11.8 Å². The van der Waals surface area contributed by atoms with E-state index < -0.39 is 0 Å². The number of nitrogens with one attached hydrogen (secondary N) is 2. The molecule has 0 aliphatic carbocycles. The van der Waals surface area contributed by atoms with Crippen LogP contribution in [0.25, 0.3) is 0 Å². The predicted molar refractivity (Wildman–Crippen MR) is 106 cm³/mol. The van der Waals surface area contributed by atoms with Crippen molar-refractivity contribution in [2.24, 2.45) is 0 Å². The Morgan fingerprint density at radius 1 is 1.38 bits per heavy atom. The zero-order chi connectivity index (χ0) is 18.4. The number of amides is 2. The van der Waals surface area contributed by atoms with Crippen molar-refractivity contribution >= 4 is 34.9 Å². The van der Waals surface area contributed by atoms with Crippen molar-refractivity contribution < 1.29 is 14.3 Å². The molecule has 2 N–H and O–H groups in total. The Labute approximate surface area is 163 Å². The molecule has 2 amide bonds. The van der Waals surface area contributed by atoms with Crippen molar-refractivity contribution in [2.75, 3.05) is 44.4 Å². The first-order valence-corrected chi connectivity index (χ1v) is 11.1. The monoisotopic (exact) mass is 397 g/mol. The number of thiophene rings is 1. The van der Waals surface area contributed by atoms with Gasteiger partial charge in [0, 0.05) is 42.7 Å². The molecule has 1 aromatic heterocycles.